The van der Waals surface area contributed by atoms with Crippen molar-refractivity contribution in [3.8, 4) is 11.5 Å². The van der Waals surface area contributed by atoms with Crippen LogP contribution in [0.2, 0.25) is 0 Å². The molecule has 0 radical (unpaired) electrons. The molecule has 1 N–H and O–H groups in total. The highest BCUT2D eigenvalue weighted by Gasteiger charge is 2.40. The maximum atomic E-state index is 13.1. The number of thiocarbonyl (C=S) groups is 1. The molecule has 3 aromatic carbocycles. The van der Waals surface area contributed by atoms with E-state index in [1.807, 2.05) is 30.3 Å². The first-order valence-corrected chi connectivity index (χ1v) is 11.2. The average Bonchev–Trinajstić information content (AvgIpc) is 3.07. The molecule has 1 saturated heterocycles. The van der Waals surface area contributed by atoms with Crippen LogP contribution in [0.25, 0.3) is 6.08 Å². The summed E-state index contributed by atoms with van der Waals surface area (Å²) >= 11 is 6.42. The Morgan fingerprint density at radius 1 is 1.06 bits per heavy atom. The summed E-state index contributed by atoms with van der Waals surface area (Å²) in [6.45, 7) is 0. The maximum absolute atomic E-state index is 13.1. The van der Waals surface area contributed by atoms with Crippen molar-refractivity contribution < 1.29 is 23.8 Å². The molecule has 0 aromatic heterocycles. The van der Waals surface area contributed by atoms with Crippen molar-refractivity contribution in [2.45, 2.75) is 12.5 Å². The Kier molecular flexibility index (Phi) is 6.86. The third kappa shape index (κ3) is 5.47. The molecule has 3 aromatic rings. The summed E-state index contributed by atoms with van der Waals surface area (Å²) in [6, 6.07) is 20.7. The van der Waals surface area contributed by atoms with Crippen LogP contribution < -0.4 is 4.74 Å². The lowest BCUT2D eigenvalue weighted by Crippen LogP contribution is -2.45. The second-order valence-electron chi connectivity index (χ2n) is 7.22. The molecule has 1 amide bonds. The van der Waals surface area contributed by atoms with Gasteiger partial charge in [-0.3, -0.25) is 9.69 Å². The van der Waals surface area contributed by atoms with E-state index < -0.39 is 17.9 Å². The Balaban J connectivity index is 1.54. The number of nitrogens with zero attached hydrogens (tertiary/aromatic N) is 1. The maximum Gasteiger partial charge on any atom is 0.327 e. The lowest BCUT2D eigenvalue weighted by Gasteiger charge is -2.23. The number of hydrogen-bond acceptors (Lipinski definition) is 5. The van der Waals surface area contributed by atoms with Gasteiger partial charge in [-0.1, -0.05) is 66.4 Å². The molecule has 1 fully saturated rings. The smallest absolute Gasteiger partial charge is 0.327 e. The molecule has 1 aliphatic rings. The van der Waals surface area contributed by atoms with Gasteiger partial charge in [0, 0.05) is 6.42 Å². The van der Waals surface area contributed by atoms with E-state index in [1.54, 1.807) is 30.3 Å². The highest BCUT2D eigenvalue weighted by Crippen LogP contribution is 2.35. The van der Waals surface area contributed by atoms with E-state index in [1.165, 1.54) is 29.2 Å². The van der Waals surface area contributed by atoms with Gasteiger partial charge < -0.3 is 9.84 Å². The number of aliphatic carboxylic acids is 1. The Labute approximate surface area is 199 Å². The minimum absolute atomic E-state index is 0.150. The van der Waals surface area contributed by atoms with Gasteiger partial charge in [0.05, 0.1) is 4.91 Å². The van der Waals surface area contributed by atoms with Crippen molar-refractivity contribution in [1.82, 2.24) is 4.90 Å². The number of carboxylic acids is 1. The number of halogens is 1. The normalized spacial score (nSPS) is 15.7. The van der Waals surface area contributed by atoms with E-state index >= 15 is 0 Å². The molecule has 0 aliphatic carbocycles. The van der Waals surface area contributed by atoms with Gasteiger partial charge in [-0.2, -0.15) is 0 Å². The topological polar surface area (TPSA) is 66.8 Å². The number of carbonyl (C=O) groups is 2. The molecule has 0 unspecified atom stereocenters. The van der Waals surface area contributed by atoms with Crippen LogP contribution in [-0.2, 0) is 16.0 Å². The standard InChI is InChI=1S/C25H18FNO4S2/c26-18-9-11-19(12-10-18)31-20-8-4-7-17(13-20)15-22-23(28)27(25(32)33-22)21(24(29)30)14-16-5-2-1-3-6-16/h1-13,15,21H,14H2,(H,29,30)/b22-15-/t21-/m1/s1. The first kappa shape index (κ1) is 22.7. The molecule has 33 heavy (non-hydrogen) atoms. The van der Waals surface area contributed by atoms with E-state index in [9.17, 15) is 19.1 Å². The summed E-state index contributed by atoms with van der Waals surface area (Å²) in [5.41, 5.74) is 1.48. The molecule has 4 rings (SSSR count). The zero-order valence-corrected chi connectivity index (χ0v) is 18.8. The second kappa shape index (κ2) is 9.97. The zero-order chi connectivity index (χ0) is 23.4. The number of amides is 1. The SMILES string of the molecule is O=C(O)[C@@H](Cc1ccccc1)N1C(=O)/C(=C/c2cccc(Oc3ccc(F)cc3)c2)SC1=S. The highest BCUT2D eigenvalue weighted by molar-refractivity contribution is 8.26. The van der Waals surface area contributed by atoms with E-state index in [2.05, 4.69) is 0 Å². The summed E-state index contributed by atoms with van der Waals surface area (Å²) in [5, 5.41) is 9.78. The lowest BCUT2D eigenvalue weighted by molar-refractivity contribution is -0.145. The number of benzene rings is 3. The van der Waals surface area contributed by atoms with Crippen molar-refractivity contribution in [2.24, 2.45) is 0 Å². The van der Waals surface area contributed by atoms with Crippen LogP contribution in [0.3, 0.4) is 0 Å². The molecule has 5 nitrogen and oxygen atoms in total. The fraction of sp³-hybridized carbons (Fsp3) is 0.0800. The van der Waals surface area contributed by atoms with Crippen LogP contribution in [0.1, 0.15) is 11.1 Å². The van der Waals surface area contributed by atoms with Crippen molar-refractivity contribution >= 4 is 46.3 Å². The number of rotatable bonds is 7. The number of hydrogen-bond donors (Lipinski definition) is 1. The molecule has 166 valence electrons. The Bertz CT molecular complexity index is 1230. The highest BCUT2D eigenvalue weighted by atomic mass is 32.2. The van der Waals surface area contributed by atoms with Crippen molar-refractivity contribution in [3.63, 3.8) is 0 Å². The predicted octanol–water partition coefficient (Wildman–Crippen LogP) is 5.52. The average molecular weight is 480 g/mol. The summed E-state index contributed by atoms with van der Waals surface area (Å²) in [6.07, 6.45) is 1.80. The Hall–Kier alpha value is -3.49. The minimum atomic E-state index is -1.12. The number of ether oxygens (including phenoxy) is 1. The summed E-state index contributed by atoms with van der Waals surface area (Å²) < 4.78 is 19.0. The quantitative estimate of drug-likeness (QED) is 0.356. The van der Waals surface area contributed by atoms with E-state index in [0.29, 0.717) is 22.0 Å². The summed E-state index contributed by atoms with van der Waals surface area (Å²) in [7, 11) is 0. The van der Waals surface area contributed by atoms with Gasteiger partial charge in [0.25, 0.3) is 5.91 Å². The molecule has 8 heteroatoms. The predicted molar refractivity (Wildman–Crippen MR) is 129 cm³/mol. The molecule has 0 spiro atoms. The third-order valence-corrected chi connectivity index (χ3v) is 6.23. The van der Waals surface area contributed by atoms with E-state index in [0.717, 1.165) is 17.3 Å². The monoisotopic (exact) mass is 479 g/mol. The van der Waals surface area contributed by atoms with Gasteiger partial charge in [0.2, 0.25) is 0 Å². The van der Waals surface area contributed by atoms with Crippen LogP contribution in [0, 0.1) is 5.82 Å². The van der Waals surface area contributed by atoms with Gasteiger partial charge in [-0.25, -0.2) is 9.18 Å². The number of carboxylic acid groups (broad SMARTS) is 1. The molecule has 1 heterocycles. The molecule has 1 aliphatic heterocycles. The Morgan fingerprint density at radius 3 is 2.48 bits per heavy atom. The summed E-state index contributed by atoms with van der Waals surface area (Å²) in [4.78, 5) is 26.5. The largest absolute Gasteiger partial charge is 0.480 e. The Morgan fingerprint density at radius 2 is 1.79 bits per heavy atom. The van der Waals surface area contributed by atoms with Crippen LogP contribution in [0.15, 0.2) is 83.8 Å². The number of thioether (sulfide) groups is 1. The third-order valence-electron chi connectivity index (χ3n) is 4.90. The minimum Gasteiger partial charge on any atom is -0.480 e. The van der Waals surface area contributed by atoms with E-state index in [4.69, 9.17) is 17.0 Å². The second-order valence-corrected chi connectivity index (χ2v) is 8.90. The van der Waals surface area contributed by atoms with Gasteiger partial charge in [0.15, 0.2) is 0 Å². The molecule has 0 saturated carbocycles. The van der Waals surface area contributed by atoms with Crippen LogP contribution in [0.5, 0.6) is 11.5 Å². The van der Waals surface area contributed by atoms with Crippen molar-refractivity contribution in [3.05, 3.63) is 101 Å². The first-order chi connectivity index (χ1) is 15.9. The van der Waals surface area contributed by atoms with Crippen LogP contribution >= 0.6 is 24.0 Å². The van der Waals surface area contributed by atoms with Gasteiger partial charge in [-0.15, -0.1) is 0 Å². The lowest BCUT2D eigenvalue weighted by atomic mass is 10.0. The van der Waals surface area contributed by atoms with Gasteiger partial charge >= 0.3 is 5.97 Å². The van der Waals surface area contributed by atoms with Crippen molar-refractivity contribution in [1.29, 1.82) is 0 Å². The zero-order valence-electron chi connectivity index (χ0n) is 17.2. The van der Waals surface area contributed by atoms with E-state index in [-0.39, 0.29) is 16.6 Å². The molecular weight excluding hydrogens is 461 g/mol. The number of carbonyl (C=O) groups excluding carboxylic acids is 1. The van der Waals surface area contributed by atoms with Gasteiger partial charge in [-0.05, 0) is 53.6 Å². The molecule has 0 bridgehead atoms. The molecule has 1 atom stereocenters. The molecular formula is C25H18FNO4S2. The fourth-order valence-electron chi connectivity index (χ4n) is 3.33. The summed E-state index contributed by atoms with van der Waals surface area (Å²) in [5.74, 6) is -0.933. The van der Waals surface area contributed by atoms with Gasteiger partial charge in [0.1, 0.15) is 27.7 Å². The van der Waals surface area contributed by atoms with Crippen molar-refractivity contribution in [2.75, 3.05) is 0 Å². The van der Waals surface area contributed by atoms with Crippen LogP contribution in [-0.4, -0.2) is 32.2 Å². The fourth-order valence-corrected chi connectivity index (χ4v) is 4.69. The first-order valence-electron chi connectivity index (χ1n) is 9.98. The van der Waals surface area contributed by atoms with Crippen LogP contribution in [0.4, 0.5) is 4.39 Å².